The molecule has 0 aromatic heterocycles. The van der Waals surface area contributed by atoms with E-state index in [-0.39, 0.29) is 23.6 Å². The second-order valence-corrected chi connectivity index (χ2v) is 7.89. The number of anilines is 2. The molecule has 1 aliphatic rings. The van der Waals surface area contributed by atoms with Gasteiger partial charge in [-0.3, -0.25) is 14.4 Å². The van der Waals surface area contributed by atoms with E-state index in [1.54, 1.807) is 43.4 Å². The van der Waals surface area contributed by atoms with Gasteiger partial charge in [-0.1, -0.05) is 6.07 Å². The first-order valence-corrected chi connectivity index (χ1v) is 10.5. The van der Waals surface area contributed by atoms with E-state index in [4.69, 9.17) is 9.47 Å². The molecule has 1 saturated heterocycles. The number of carbonyl (C=O) groups excluding carboxylic acids is 3. The Hall–Kier alpha value is -3.55. The third kappa shape index (κ3) is 5.57. The average molecular weight is 440 g/mol. The Labute approximate surface area is 187 Å². The van der Waals surface area contributed by atoms with Crippen LogP contribution in [0.15, 0.2) is 36.4 Å². The molecule has 0 atom stereocenters. The van der Waals surface area contributed by atoms with Crippen molar-refractivity contribution in [3.8, 4) is 11.5 Å². The van der Waals surface area contributed by atoms with Gasteiger partial charge in [0, 0.05) is 37.6 Å². The van der Waals surface area contributed by atoms with Crippen LogP contribution in [-0.2, 0) is 9.59 Å². The number of benzene rings is 2. The molecule has 0 aliphatic carbocycles. The topological polar surface area (TPSA) is 97.0 Å². The number of hydrogen-bond acceptors (Lipinski definition) is 5. The van der Waals surface area contributed by atoms with Crippen LogP contribution in [0.25, 0.3) is 0 Å². The second-order valence-electron chi connectivity index (χ2n) is 7.89. The lowest BCUT2D eigenvalue weighted by Crippen LogP contribution is -2.41. The number of nitrogens with zero attached hydrogens (tertiary/aromatic N) is 1. The Morgan fingerprint density at radius 1 is 0.906 bits per heavy atom. The number of rotatable bonds is 6. The second kappa shape index (κ2) is 10.2. The number of likely N-dealkylation sites (tertiary alicyclic amines) is 1. The molecule has 1 fully saturated rings. The molecule has 1 heterocycles. The van der Waals surface area contributed by atoms with Crippen LogP contribution in [0.3, 0.4) is 0 Å². The van der Waals surface area contributed by atoms with Gasteiger partial charge >= 0.3 is 0 Å². The van der Waals surface area contributed by atoms with Gasteiger partial charge in [-0.05, 0) is 49.6 Å². The summed E-state index contributed by atoms with van der Waals surface area (Å²) in [6.45, 7) is 4.30. The normalized spacial score (nSPS) is 13.9. The number of ether oxygens (including phenoxy) is 2. The van der Waals surface area contributed by atoms with Gasteiger partial charge in [0.25, 0.3) is 5.91 Å². The maximum Gasteiger partial charge on any atom is 0.254 e. The molecule has 1 aliphatic heterocycles. The molecule has 2 aromatic carbocycles. The zero-order valence-electron chi connectivity index (χ0n) is 18.9. The SMILES string of the molecule is COc1cc(OC)cc(C(=O)N2CCC(C(=O)Nc3cc(C)ccc3NC(C)=O)CC2)c1. The van der Waals surface area contributed by atoms with Crippen molar-refractivity contribution >= 4 is 29.1 Å². The van der Waals surface area contributed by atoms with Crippen molar-refractivity contribution in [3.05, 3.63) is 47.5 Å². The van der Waals surface area contributed by atoms with E-state index < -0.39 is 0 Å². The van der Waals surface area contributed by atoms with Gasteiger partial charge in [0.15, 0.2) is 0 Å². The van der Waals surface area contributed by atoms with Crippen LogP contribution in [0.1, 0.15) is 35.7 Å². The van der Waals surface area contributed by atoms with E-state index in [0.717, 1.165) is 5.56 Å². The third-order valence-electron chi connectivity index (χ3n) is 5.49. The Kier molecular flexibility index (Phi) is 7.35. The molecular weight excluding hydrogens is 410 g/mol. The summed E-state index contributed by atoms with van der Waals surface area (Å²) in [7, 11) is 3.08. The van der Waals surface area contributed by atoms with Crippen LogP contribution in [-0.4, -0.2) is 49.9 Å². The van der Waals surface area contributed by atoms with E-state index >= 15 is 0 Å². The van der Waals surface area contributed by atoms with Crippen molar-refractivity contribution < 1.29 is 23.9 Å². The average Bonchev–Trinajstić information content (AvgIpc) is 2.79. The molecule has 2 aromatic rings. The van der Waals surface area contributed by atoms with Gasteiger partial charge < -0.3 is 25.0 Å². The largest absolute Gasteiger partial charge is 0.497 e. The lowest BCUT2D eigenvalue weighted by atomic mass is 9.95. The highest BCUT2D eigenvalue weighted by atomic mass is 16.5. The molecule has 0 bridgehead atoms. The van der Waals surface area contributed by atoms with Crippen molar-refractivity contribution in [1.82, 2.24) is 4.90 Å². The van der Waals surface area contributed by atoms with E-state index in [9.17, 15) is 14.4 Å². The summed E-state index contributed by atoms with van der Waals surface area (Å²) in [4.78, 5) is 39.0. The smallest absolute Gasteiger partial charge is 0.254 e. The van der Waals surface area contributed by atoms with Crippen molar-refractivity contribution in [2.75, 3.05) is 37.9 Å². The van der Waals surface area contributed by atoms with E-state index in [0.29, 0.717) is 54.4 Å². The first-order chi connectivity index (χ1) is 15.3. The van der Waals surface area contributed by atoms with Gasteiger partial charge in [-0.2, -0.15) is 0 Å². The lowest BCUT2D eigenvalue weighted by molar-refractivity contribution is -0.121. The van der Waals surface area contributed by atoms with Crippen molar-refractivity contribution in [2.45, 2.75) is 26.7 Å². The van der Waals surface area contributed by atoms with Gasteiger partial charge in [0.1, 0.15) is 11.5 Å². The molecular formula is C24H29N3O5. The van der Waals surface area contributed by atoms with Crippen molar-refractivity contribution in [1.29, 1.82) is 0 Å². The van der Waals surface area contributed by atoms with Crippen LogP contribution in [0.5, 0.6) is 11.5 Å². The molecule has 0 unspecified atom stereocenters. The lowest BCUT2D eigenvalue weighted by Gasteiger charge is -2.31. The Bertz CT molecular complexity index is 990. The predicted octanol–water partition coefficient (Wildman–Crippen LogP) is 3.46. The number of aryl methyl sites for hydroxylation is 1. The van der Waals surface area contributed by atoms with E-state index in [1.165, 1.54) is 6.92 Å². The molecule has 8 nitrogen and oxygen atoms in total. The maximum absolute atomic E-state index is 13.0. The standard InChI is InChI=1S/C24H29N3O5/c1-15-5-6-21(25-16(2)28)22(11-15)26-23(29)17-7-9-27(10-8-17)24(30)18-12-19(31-3)14-20(13-18)32-4/h5-6,11-14,17H,7-10H2,1-4H3,(H,25,28)(H,26,29). The fraction of sp³-hybridized carbons (Fsp3) is 0.375. The first kappa shape index (κ1) is 23.1. The number of hydrogen-bond donors (Lipinski definition) is 2. The van der Waals surface area contributed by atoms with Crippen LogP contribution in [0.4, 0.5) is 11.4 Å². The number of methoxy groups -OCH3 is 2. The minimum atomic E-state index is -0.218. The first-order valence-electron chi connectivity index (χ1n) is 10.5. The molecule has 0 spiro atoms. The number of piperidine rings is 1. The molecule has 8 heteroatoms. The minimum absolute atomic E-state index is 0.114. The van der Waals surface area contributed by atoms with Crippen LogP contribution in [0, 0.1) is 12.8 Å². The maximum atomic E-state index is 13.0. The zero-order valence-corrected chi connectivity index (χ0v) is 18.9. The van der Waals surface area contributed by atoms with Gasteiger partial charge in [-0.25, -0.2) is 0 Å². The van der Waals surface area contributed by atoms with Crippen molar-refractivity contribution in [3.63, 3.8) is 0 Å². The van der Waals surface area contributed by atoms with Crippen LogP contribution in [0.2, 0.25) is 0 Å². The van der Waals surface area contributed by atoms with Gasteiger partial charge in [0.2, 0.25) is 11.8 Å². The molecule has 3 rings (SSSR count). The summed E-state index contributed by atoms with van der Waals surface area (Å²) < 4.78 is 10.5. The fourth-order valence-corrected chi connectivity index (χ4v) is 3.75. The predicted molar refractivity (Wildman–Crippen MR) is 122 cm³/mol. The monoisotopic (exact) mass is 439 g/mol. The van der Waals surface area contributed by atoms with Crippen LogP contribution < -0.4 is 20.1 Å². The van der Waals surface area contributed by atoms with Gasteiger partial charge in [-0.15, -0.1) is 0 Å². The summed E-state index contributed by atoms with van der Waals surface area (Å²) in [6.07, 6.45) is 1.11. The summed E-state index contributed by atoms with van der Waals surface area (Å²) in [5, 5.41) is 5.68. The molecule has 0 saturated carbocycles. The molecule has 0 radical (unpaired) electrons. The van der Waals surface area contributed by atoms with Crippen molar-refractivity contribution in [2.24, 2.45) is 5.92 Å². The summed E-state index contributed by atoms with van der Waals surface area (Å²) >= 11 is 0. The number of nitrogens with one attached hydrogen (secondary N) is 2. The van der Waals surface area contributed by atoms with Gasteiger partial charge in [0.05, 0.1) is 25.6 Å². The molecule has 3 amide bonds. The Balaban J connectivity index is 1.64. The number of amides is 3. The third-order valence-corrected chi connectivity index (χ3v) is 5.49. The van der Waals surface area contributed by atoms with E-state index in [1.807, 2.05) is 19.1 Å². The molecule has 2 N–H and O–H groups in total. The fourth-order valence-electron chi connectivity index (χ4n) is 3.75. The quantitative estimate of drug-likeness (QED) is 0.719. The highest BCUT2D eigenvalue weighted by Gasteiger charge is 2.28. The summed E-state index contributed by atoms with van der Waals surface area (Å²) in [5.74, 6) is 0.449. The number of carbonyl (C=O) groups is 3. The summed E-state index contributed by atoms with van der Waals surface area (Å²) in [6, 6.07) is 10.6. The Morgan fingerprint density at radius 3 is 2.09 bits per heavy atom. The highest BCUT2D eigenvalue weighted by molar-refractivity contribution is 6.00. The van der Waals surface area contributed by atoms with Crippen LogP contribution >= 0.6 is 0 Å². The highest BCUT2D eigenvalue weighted by Crippen LogP contribution is 2.28. The van der Waals surface area contributed by atoms with E-state index in [2.05, 4.69) is 10.6 Å². The molecule has 170 valence electrons. The molecule has 32 heavy (non-hydrogen) atoms. The Morgan fingerprint density at radius 2 is 1.53 bits per heavy atom. The minimum Gasteiger partial charge on any atom is -0.497 e. The zero-order chi connectivity index (χ0) is 23.3. The summed E-state index contributed by atoms with van der Waals surface area (Å²) in [5.41, 5.74) is 2.61.